The van der Waals surface area contributed by atoms with Crippen molar-refractivity contribution in [3.05, 3.63) is 70.5 Å². The third-order valence-corrected chi connectivity index (χ3v) is 4.41. The van der Waals surface area contributed by atoms with Crippen molar-refractivity contribution in [3.63, 3.8) is 0 Å². The van der Waals surface area contributed by atoms with Gasteiger partial charge in [-0.05, 0) is 52.0 Å². The van der Waals surface area contributed by atoms with Crippen LogP contribution in [-0.2, 0) is 6.54 Å². The zero-order valence-electron chi connectivity index (χ0n) is 15.3. The molecule has 0 spiro atoms. The number of Topliss-reactive ketones (excluding diaryl/α,β-unsaturated/α-hetero) is 1. The van der Waals surface area contributed by atoms with Crippen molar-refractivity contribution < 1.29 is 9.21 Å². The van der Waals surface area contributed by atoms with Crippen LogP contribution in [0.15, 0.2) is 34.9 Å². The van der Waals surface area contributed by atoms with Crippen LogP contribution in [0.2, 0.25) is 0 Å². The van der Waals surface area contributed by atoms with E-state index in [1.165, 1.54) is 0 Å². The lowest BCUT2D eigenvalue weighted by atomic mass is 9.95. The van der Waals surface area contributed by atoms with Gasteiger partial charge in [0.2, 0.25) is 0 Å². The fourth-order valence-electron chi connectivity index (χ4n) is 3.16. The predicted molar refractivity (Wildman–Crippen MR) is 95.9 cm³/mol. The molecule has 0 radical (unpaired) electrons. The van der Waals surface area contributed by atoms with Gasteiger partial charge in [0.15, 0.2) is 11.7 Å². The van der Waals surface area contributed by atoms with E-state index >= 15 is 0 Å². The van der Waals surface area contributed by atoms with Gasteiger partial charge < -0.3 is 8.98 Å². The zero-order valence-corrected chi connectivity index (χ0v) is 15.3. The van der Waals surface area contributed by atoms with Crippen LogP contribution < -0.4 is 0 Å². The normalized spacial score (nSPS) is 12.0. The Labute approximate surface area is 152 Å². The lowest BCUT2D eigenvalue weighted by Crippen LogP contribution is -2.15. The second kappa shape index (κ2) is 6.96. The SMILES string of the molecule is Cc1cc([C@H](C#N)C(=O)c2cc(C)n(Cc3ccco3)c2C)nc(C)n1. The number of nitrogens with zero attached hydrogens (tertiary/aromatic N) is 4. The van der Waals surface area contributed by atoms with E-state index in [4.69, 9.17) is 4.42 Å². The first-order chi connectivity index (χ1) is 12.4. The molecule has 6 nitrogen and oxygen atoms in total. The lowest BCUT2D eigenvalue weighted by Gasteiger charge is -2.11. The Hall–Kier alpha value is -3.20. The maximum absolute atomic E-state index is 13.1. The van der Waals surface area contributed by atoms with Crippen LogP contribution in [0, 0.1) is 39.0 Å². The maximum atomic E-state index is 13.1. The molecule has 132 valence electrons. The molecule has 0 N–H and O–H groups in total. The highest BCUT2D eigenvalue weighted by atomic mass is 16.3. The topological polar surface area (TPSA) is 84.7 Å². The number of aryl methyl sites for hydroxylation is 3. The van der Waals surface area contributed by atoms with Crippen LogP contribution in [0.1, 0.15) is 50.6 Å². The molecule has 0 amide bonds. The molecule has 26 heavy (non-hydrogen) atoms. The average Bonchev–Trinajstić information content (AvgIpc) is 3.18. The summed E-state index contributed by atoms with van der Waals surface area (Å²) in [5.74, 6) is 0.165. The van der Waals surface area contributed by atoms with E-state index in [0.29, 0.717) is 23.6 Å². The van der Waals surface area contributed by atoms with E-state index < -0.39 is 5.92 Å². The summed E-state index contributed by atoms with van der Waals surface area (Å²) in [6, 6.07) is 9.35. The Morgan fingerprint density at radius 1 is 1.27 bits per heavy atom. The Morgan fingerprint density at radius 2 is 2.04 bits per heavy atom. The number of rotatable bonds is 5. The predicted octanol–water partition coefficient (Wildman–Crippen LogP) is 3.64. The van der Waals surface area contributed by atoms with Crippen molar-refractivity contribution in [3.8, 4) is 6.07 Å². The molecule has 0 aliphatic rings. The smallest absolute Gasteiger partial charge is 0.187 e. The summed E-state index contributed by atoms with van der Waals surface area (Å²) in [5, 5.41) is 9.61. The molecule has 6 heteroatoms. The first-order valence-corrected chi connectivity index (χ1v) is 8.36. The van der Waals surface area contributed by atoms with Crippen LogP contribution in [0.3, 0.4) is 0 Å². The van der Waals surface area contributed by atoms with Crippen molar-refractivity contribution in [2.45, 2.75) is 40.2 Å². The summed E-state index contributed by atoms with van der Waals surface area (Å²) in [5.41, 5.74) is 3.47. The summed E-state index contributed by atoms with van der Waals surface area (Å²) in [6.07, 6.45) is 1.63. The minimum atomic E-state index is -0.951. The molecule has 3 aromatic heterocycles. The Morgan fingerprint density at radius 3 is 2.65 bits per heavy atom. The molecular weight excluding hydrogens is 328 g/mol. The number of hydrogen-bond acceptors (Lipinski definition) is 5. The Kier molecular flexibility index (Phi) is 4.72. The number of nitriles is 1. The minimum absolute atomic E-state index is 0.246. The van der Waals surface area contributed by atoms with Crippen molar-refractivity contribution >= 4 is 5.78 Å². The van der Waals surface area contributed by atoms with Gasteiger partial charge in [-0.25, -0.2) is 9.97 Å². The van der Waals surface area contributed by atoms with E-state index in [9.17, 15) is 10.1 Å². The number of furan rings is 1. The molecule has 0 fully saturated rings. The summed E-state index contributed by atoms with van der Waals surface area (Å²) in [7, 11) is 0. The van der Waals surface area contributed by atoms with Crippen LogP contribution >= 0.6 is 0 Å². The van der Waals surface area contributed by atoms with Gasteiger partial charge in [-0.1, -0.05) is 0 Å². The van der Waals surface area contributed by atoms with Gasteiger partial charge in [0, 0.05) is 22.6 Å². The third kappa shape index (κ3) is 3.29. The molecule has 0 aliphatic carbocycles. The van der Waals surface area contributed by atoms with Crippen molar-refractivity contribution in [2.75, 3.05) is 0 Å². The molecule has 3 rings (SSSR count). The van der Waals surface area contributed by atoms with Crippen molar-refractivity contribution in [1.82, 2.24) is 14.5 Å². The fraction of sp³-hybridized carbons (Fsp3) is 0.300. The van der Waals surface area contributed by atoms with Crippen LogP contribution in [0.4, 0.5) is 0 Å². The molecule has 0 saturated heterocycles. The van der Waals surface area contributed by atoms with Crippen molar-refractivity contribution in [2.24, 2.45) is 0 Å². The molecule has 0 aliphatic heterocycles. The molecule has 3 aromatic rings. The summed E-state index contributed by atoms with van der Waals surface area (Å²) in [6.45, 7) is 7.94. The minimum Gasteiger partial charge on any atom is -0.467 e. The molecule has 0 bridgehead atoms. The monoisotopic (exact) mass is 348 g/mol. The number of carbonyl (C=O) groups is 1. The van der Waals surface area contributed by atoms with Crippen molar-refractivity contribution in [1.29, 1.82) is 5.26 Å². The van der Waals surface area contributed by atoms with Gasteiger partial charge in [-0.15, -0.1) is 0 Å². The van der Waals surface area contributed by atoms with Gasteiger partial charge in [0.05, 0.1) is 24.6 Å². The van der Waals surface area contributed by atoms with Gasteiger partial charge in [0.25, 0.3) is 0 Å². The van der Waals surface area contributed by atoms with E-state index in [0.717, 1.165) is 22.8 Å². The van der Waals surface area contributed by atoms with Gasteiger partial charge in [-0.3, -0.25) is 4.79 Å². The van der Waals surface area contributed by atoms with E-state index in [1.54, 1.807) is 19.3 Å². The number of ketones is 1. The quantitative estimate of drug-likeness (QED) is 0.657. The van der Waals surface area contributed by atoms with Crippen LogP contribution in [0.25, 0.3) is 0 Å². The average molecular weight is 348 g/mol. The molecule has 0 aromatic carbocycles. The van der Waals surface area contributed by atoms with E-state index in [-0.39, 0.29) is 5.78 Å². The van der Waals surface area contributed by atoms with Gasteiger partial charge in [-0.2, -0.15) is 5.26 Å². The third-order valence-electron chi connectivity index (χ3n) is 4.41. The first-order valence-electron chi connectivity index (χ1n) is 8.36. The highest BCUT2D eigenvalue weighted by Gasteiger charge is 2.27. The van der Waals surface area contributed by atoms with Gasteiger partial charge >= 0.3 is 0 Å². The maximum Gasteiger partial charge on any atom is 0.187 e. The Balaban J connectivity index is 1.97. The van der Waals surface area contributed by atoms with Crippen LogP contribution in [0.5, 0.6) is 0 Å². The standard InChI is InChI=1S/C20H20N4O2/c1-12-8-19(23-15(4)22-12)18(10-21)20(25)17-9-13(2)24(14(17)3)11-16-6-5-7-26-16/h5-9,18H,11H2,1-4H3/t18-/m0/s1. The van der Waals surface area contributed by atoms with Crippen LogP contribution in [-0.4, -0.2) is 20.3 Å². The second-order valence-corrected chi connectivity index (χ2v) is 6.36. The number of hydrogen-bond donors (Lipinski definition) is 0. The zero-order chi connectivity index (χ0) is 18.8. The molecular formula is C20H20N4O2. The number of aromatic nitrogens is 3. The Bertz CT molecular complexity index is 973. The first kappa shape index (κ1) is 17.6. The summed E-state index contributed by atoms with van der Waals surface area (Å²) >= 11 is 0. The molecule has 3 heterocycles. The second-order valence-electron chi connectivity index (χ2n) is 6.36. The highest BCUT2D eigenvalue weighted by molar-refractivity contribution is 6.03. The summed E-state index contributed by atoms with van der Waals surface area (Å²) in [4.78, 5) is 21.6. The van der Waals surface area contributed by atoms with Gasteiger partial charge in [0.1, 0.15) is 11.6 Å². The fourth-order valence-corrected chi connectivity index (χ4v) is 3.16. The highest BCUT2D eigenvalue weighted by Crippen LogP contribution is 2.25. The van der Waals surface area contributed by atoms with E-state index in [1.807, 2.05) is 43.5 Å². The molecule has 0 saturated carbocycles. The molecule has 1 atom stereocenters. The summed E-state index contributed by atoms with van der Waals surface area (Å²) < 4.78 is 7.42. The lowest BCUT2D eigenvalue weighted by molar-refractivity contribution is 0.0977. The van der Waals surface area contributed by atoms with E-state index in [2.05, 4.69) is 16.0 Å². The number of carbonyl (C=O) groups excluding carboxylic acids is 1. The largest absolute Gasteiger partial charge is 0.467 e. The molecule has 0 unspecified atom stereocenters.